The Bertz CT molecular complexity index is 552. The van der Waals surface area contributed by atoms with E-state index in [4.69, 9.17) is 0 Å². The Kier molecular flexibility index (Phi) is 4.68. The van der Waals surface area contributed by atoms with E-state index in [2.05, 4.69) is 40.9 Å². The number of nitrogens with one attached hydrogen (secondary N) is 1. The van der Waals surface area contributed by atoms with Crippen molar-refractivity contribution >= 4 is 0 Å². The van der Waals surface area contributed by atoms with Crippen LogP contribution in [0.2, 0.25) is 0 Å². The topological polar surface area (TPSA) is 50.1 Å². The lowest BCUT2D eigenvalue weighted by atomic mass is 9.93. The zero-order valence-electron chi connectivity index (χ0n) is 12.3. The van der Waals surface area contributed by atoms with Gasteiger partial charge < -0.3 is 10.4 Å². The molecule has 2 N–H and O–H groups in total. The third-order valence-corrected chi connectivity index (χ3v) is 4.12. The average Bonchev–Trinajstić information content (AvgIpc) is 2.94. The first-order valence-electron chi connectivity index (χ1n) is 7.76. The highest BCUT2D eigenvalue weighted by Crippen LogP contribution is 2.18. The fraction of sp³-hybridized carbons (Fsp3) is 0.471. The molecule has 1 aromatic carbocycles. The molecule has 2 aromatic rings. The SMILES string of the molecule is OC1CCCC(NCc2cnn(Cc3ccccc3)c2)C1. The van der Waals surface area contributed by atoms with Gasteiger partial charge in [0.15, 0.2) is 0 Å². The van der Waals surface area contributed by atoms with Crippen molar-refractivity contribution in [3.8, 4) is 0 Å². The Morgan fingerprint density at radius 1 is 1.19 bits per heavy atom. The Hall–Kier alpha value is -1.65. The lowest BCUT2D eigenvalue weighted by molar-refractivity contribution is 0.111. The minimum atomic E-state index is -0.128. The van der Waals surface area contributed by atoms with Gasteiger partial charge in [-0.1, -0.05) is 30.3 Å². The van der Waals surface area contributed by atoms with Crippen LogP contribution in [0.25, 0.3) is 0 Å². The summed E-state index contributed by atoms with van der Waals surface area (Å²) in [6, 6.07) is 10.8. The molecule has 1 aromatic heterocycles. The zero-order valence-corrected chi connectivity index (χ0v) is 12.3. The van der Waals surface area contributed by atoms with Gasteiger partial charge in [0.25, 0.3) is 0 Å². The quantitative estimate of drug-likeness (QED) is 0.886. The fourth-order valence-corrected chi connectivity index (χ4v) is 2.97. The summed E-state index contributed by atoms with van der Waals surface area (Å²) in [7, 11) is 0. The van der Waals surface area contributed by atoms with Crippen LogP contribution < -0.4 is 5.32 Å². The molecule has 4 nitrogen and oxygen atoms in total. The molecule has 0 amide bonds. The van der Waals surface area contributed by atoms with Crippen molar-refractivity contribution in [2.75, 3.05) is 0 Å². The molecule has 0 saturated heterocycles. The molecule has 1 fully saturated rings. The molecule has 21 heavy (non-hydrogen) atoms. The van der Waals surface area contributed by atoms with E-state index < -0.39 is 0 Å². The van der Waals surface area contributed by atoms with Crippen molar-refractivity contribution < 1.29 is 5.11 Å². The van der Waals surface area contributed by atoms with Gasteiger partial charge in [0, 0.05) is 24.3 Å². The van der Waals surface area contributed by atoms with E-state index >= 15 is 0 Å². The maximum Gasteiger partial charge on any atom is 0.0659 e. The van der Waals surface area contributed by atoms with Crippen LogP contribution in [0, 0.1) is 0 Å². The van der Waals surface area contributed by atoms with Crippen molar-refractivity contribution in [2.45, 2.75) is 50.9 Å². The summed E-state index contributed by atoms with van der Waals surface area (Å²) in [4.78, 5) is 0. The highest BCUT2D eigenvalue weighted by atomic mass is 16.3. The van der Waals surface area contributed by atoms with E-state index in [9.17, 15) is 5.11 Å². The Morgan fingerprint density at radius 2 is 2.05 bits per heavy atom. The highest BCUT2D eigenvalue weighted by Gasteiger charge is 2.19. The van der Waals surface area contributed by atoms with Crippen LogP contribution in [0.4, 0.5) is 0 Å². The van der Waals surface area contributed by atoms with Gasteiger partial charge in [0.1, 0.15) is 0 Å². The number of aliphatic hydroxyl groups excluding tert-OH is 1. The van der Waals surface area contributed by atoms with E-state index in [0.29, 0.717) is 6.04 Å². The van der Waals surface area contributed by atoms with Gasteiger partial charge in [0.2, 0.25) is 0 Å². The molecule has 0 radical (unpaired) electrons. The van der Waals surface area contributed by atoms with Crippen LogP contribution in [0.3, 0.4) is 0 Å². The van der Waals surface area contributed by atoms with Gasteiger partial charge in [-0.25, -0.2) is 0 Å². The first-order valence-corrected chi connectivity index (χ1v) is 7.76. The summed E-state index contributed by atoms with van der Waals surface area (Å²) < 4.78 is 1.97. The van der Waals surface area contributed by atoms with E-state index in [1.807, 2.05) is 16.9 Å². The first kappa shape index (κ1) is 14.3. The first-order chi connectivity index (χ1) is 10.3. The second-order valence-corrected chi connectivity index (χ2v) is 5.93. The van der Waals surface area contributed by atoms with Gasteiger partial charge in [-0.2, -0.15) is 5.10 Å². The molecule has 0 aliphatic heterocycles. The molecule has 2 atom stereocenters. The zero-order chi connectivity index (χ0) is 14.5. The number of aromatic nitrogens is 2. The van der Waals surface area contributed by atoms with E-state index in [1.165, 1.54) is 11.1 Å². The third kappa shape index (κ3) is 4.16. The highest BCUT2D eigenvalue weighted by molar-refractivity contribution is 5.15. The number of hydrogen-bond donors (Lipinski definition) is 2. The van der Waals surface area contributed by atoms with E-state index in [0.717, 1.165) is 38.8 Å². The minimum Gasteiger partial charge on any atom is -0.393 e. The van der Waals surface area contributed by atoms with Crippen LogP contribution >= 0.6 is 0 Å². The largest absolute Gasteiger partial charge is 0.393 e. The van der Waals surface area contributed by atoms with Crippen LogP contribution in [0.15, 0.2) is 42.7 Å². The van der Waals surface area contributed by atoms with Gasteiger partial charge in [-0.15, -0.1) is 0 Å². The maximum absolute atomic E-state index is 9.69. The molecule has 1 aliphatic rings. The standard InChI is InChI=1S/C17H23N3O/c21-17-8-4-7-16(9-17)18-10-15-11-19-20(13-15)12-14-5-2-1-3-6-14/h1-3,5-6,11,13,16-18,21H,4,7-10,12H2. The molecule has 3 rings (SSSR count). The summed E-state index contributed by atoms with van der Waals surface area (Å²) >= 11 is 0. The Morgan fingerprint density at radius 3 is 2.86 bits per heavy atom. The molecular formula is C17H23N3O. The molecule has 4 heteroatoms. The Labute approximate surface area is 125 Å². The second-order valence-electron chi connectivity index (χ2n) is 5.93. The normalized spacial score (nSPS) is 22.3. The lowest BCUT2D eigenvalue weighted by Crippen LogP contribution is -2.35. The number of benzene rings is 1. The fourth-order valence-electron chi connectivity index (χ4n) is 2.97. The van der Waals surface area contributed by atoms with Crippen molar-refractivity contribution in [3.63, 3.8) is 0 Å². The second kappa shape index (κ2) is 6.87. The van der Waals surface area contributed by atoms with E-state index in [-0.39, 0.29) is 6.10 Å². The molecule has 0 spiro atoms. The van der Waals surface area contributed by atoms with Gasteiger partial charge in [-0.05, 0) is 31.2 Å². The monoisotopic (exact) mass is 285 g/mol. The maximum atomic E-state index is 9.69. The minimum absolute atomic E-state index is 0.128. The van der Waals surface area contributed by atoms with Crippen molar-refractivity contribution in [3.05, 3.63) is 53.9 Å². The van der Waals surface area contributed by atoms with Gasteiger partial charge >= 0.3 is 0 Å². The summed E-state index contributed by atoms with van der Waals surface area (Å²) in [5.41, 5.74) is 2.46. The van der Waals surface area contributed by atoms with Crippen LogP contribution in [-0.2, 0) is 13.1 Å². The van der Waals surface area contributed by atoms with Crippen molar-refractivity contribution in [1.82, 2.24) is 15.1 Å². The number of hydrogen-bond acceptors (Lipinski definition) is 3. The van der Waals surface area contributed by atoms with Crippen LogP contribution in [-0.4, -0.2) is 27.0 Å². The smallest absolute Gasteiger partial charge is 0.0659 e. The molecule has 2 unspecified atom stereocenters. The van der Waals surface area contributed by atoms with Crippen LogP contribution in [0.1, 0.15) is 36.8 Å². The summed E-state index contributed by atoms with van der Waals surface area (Å²) in [6.45, 7) is 1.63. The lowest BCUT2D eigenvalue weighted by Gasteiger charge is -2.26. The predicted molar refractivity (Wildman–Crippen MR) is 82.9 cm³/mol. The van der Waals surface area contributed by atoms with Crippen LogP contribution in [0.5, 0.6) is 0 Å². The van der Waals surface area contributed by atoms with Crippen molar-refractivity contribution in [2.24, 2.45) is 0 Å². The number of aliphatic hydroxyl groups is 1. The summed E-state index contributed by atoms with van der Waals surface area (Å²) in [6.07, 6.45) is 8.00. The number of nitrogens with zero attached hydrogens (tertiary/aromatic N) is 2. The number of rotatable bonds is 5. The van der Waals surface area contributed by atoms with E-state index in [1.54, 1.807) is 0 Å². The molecule has 1 heterocycles. The molecule has 1 aliphatic carbocycles. The third-order valence-electron chi connectivity index (χ3n) is 4.12. The predicted octanol–water partition coefficient (Wildman–Crippen LogP) is 2.32. The average molecular weight is 285 g/mol. The molecule has 112 valence electrons. The van der Waals surface area contributed by atoms with Gasteiger partial charge in [-0.3, -0.25) is 4.68 Å². The molecular weight excluding hydrogens is 262 g/mol. The Balaban J connectivity index is 1.51. The summed E-state index contributed by atoms with van der Waals surface area (Å²) in [5.74, 6) is 0. The van der Waals surface area contributed by atoms with Gasteiger partial charge in [0.05, 0.1) is 18.8 Å². The molecule has 1 saturated carbocycles. The molecule has 0 bridgehead atoms. The summed E-state index contributed by atoms with van der Waals surface area (Å²) in [5, 5.41) is 17.6. The van der Waals surface area contributed by atoms with Crippen molar-refractivity contribution in [1.29, 1.82) is 0 Å².